The van der Waals surface area contributed by atoms with Crippen LogP contribution in [0.5, 0.6) is 0 Å². The van der Waals surface area contributed by atoms with Crippen LogP contribution in [0.3, 0.4) is 0 Å². The molecule has 0 bridgehead atoms. The number of anilines is 1. The van der Waals surface area contributed by atoms with Crippen LogP contribution >= 0.6 is 12.2 Å². The summed E-state index contributed by atoms with van der Waals surface area (Å²) in [7, 11) is 0. The Bertz CT molecular complexity index is 394. The van der Waals surface area contributed by atoms with E-state index in [0.717, 1.165) is 0 Å². The summed E-state index contributed by atoms with van der Waals surface area (Å²) in [5.74, 6) is -0.340. The number of nitrogens with one attached hydrogen (secondary N) is 2. The van der Waals surface area contributed by atoms with E-state index in [4.69, 9.17) is 18.0 Å². The first-order chi connectivity index (χ1) is 8.08. The topological polar surface area (TPSA) is 67.1 Å². The quantitative estimate of drug-likeness (QED) is 0.557. The van der Waals surface area contributed by atoms with E-state index in [9.17, 15) is 9.18 Å². The normalized spacial score (nSPS) is 9.71. The highest BCUT2D eigenvalue weighted by Crippen LogP contribution is 2.07. The Hall–Kier alpha value is -1.69. The molecule has 4 N–H and O–H groups in total. The van der Waals surface area contributed by atoms with Crippen LogP contribution in [0.1, 0.15) is 12.8 Å². The summed E-state index contributed by atoms with van der Waals surface area (Å²) in [6.07, 6.45) is 1.30. The van der Waals surface area contributed by atoms with E-state index in [1.54, 1.807) is 0 Å². The minimum Gasteiger partial charge on any atom is -0.393 e. The van der Waals surface area contributed by atoms with Crippen molar-refractivity contribution in [3.05, 3.63) is 30.1 Å². The summed E-state index contributed by atoms with van der Waals surface area (Å²) in [5.41, 5.74) is 5.85. The van der Waals surface area contributed by atoms with E-state index >= 15 is 0 Å². The van der Waals surface area contributed by atoms with E-state index in [1.807, 2.05) is 0 Å². The molecular formula is C11H14FN3OS. The molecule has 0 unspecified atom stereocenters. The van der Waals surface area contributed by atoms with Crippen molar-refractivity contribution in [1.29, 1.82) is 0 Å². The number of carbonyl (C=O) groups excluding carboxylic acids is 1. The van der Waals surface area contributed by atoms with Crippen LogP contribution < -0.4 is 16.4 Å². The molecular weight excluding hydrogens is 241 g/mol. The fourth-order valence-electron chi connectivity index (χ4n) is 1.17. The SMILES string of the molecule is NC(=S)CCCNC(=O)Nc1ccc(F)cc1. The highest BCUT2D eigenvalue weighted by atomic mass is 32.1. The van der Waals surface area contributed by atoms with Gasteiger partial charge in [-0.2, -0.15) is 0 Å². The molecule has 0 aromatic heterocycles. The van der Waals surface area contributed by atoms with Crippen molar-refractivity contribution in [2.75, 3.05) is 11.9 Å². The number of carbonyl (C=O) groups is 1. The molecule has 0 saturated heterocycles. The Balaban J connectivity index is 2.25. The van der Waals surface area contributed by atoms with Crippen LogP contribution in [-0.2, 0) is 0 Å². The van der Waals surface area contributed by atoms with Gasteiger partial charge >= 0.3 is 6.03 Å². The van der Waals surface area contributed by atoms with Gasteiger partial charge in [-0.3, -0.25) is 0 Å². The van der Waals surface area contributed by atoms with Crippen molar-refractivity contribution >= 4 is 28.9 Å². The molecule has 1 rings (SSSR count). The average Bonchev–Trinajstić information content (AvgIpc) is 2.27. The summed E-state index contributed by atoms with van der Waals surface area (Å²) in [4.78, 5) is 11.8. The van der Waals surface area contributed by atoms with Gasteiger partial charge in [0.25, 0.3) is 0 Å². The number of benzene rings is 1. The number of halogens is 1. The predicted octanol–water partition coefficient (Wildman–Crippen LogP) is 2.01. The van der Waals surface area contributed by atoms with Crippen LogP contribution in [0.2, 0.25) is 0 Å². The maximum Gasteiger partial charge on any atom is 0.319 e. The van der Waals surface area contributed by atoms with E-state index in [0.29, 0.717) is 30.1 Å². The highest BCUT2D eigenvalue weighted by Gasteiger charge is 2.00. The molecule has 0 heterocycles. The average molecular weight is 255 g/mol. The van der Waals surface area contributed by atoms with Crippen molar-refractivity contribution in [2.24, 2.45) is 5.73 Å². The first kappa shape index (κ1) is 13.4. The molecule has 6 heteroatoms. The molecule has 0 spiro atoms. The summed E-state index contributed by atoms with van der Waals surface area (Å²) >= 11 is 4.71. The van der Waals surface area contributed by atoms with Gasteiger partial charge < -0.3 is 16.4 Å². The standard InChI is InChI=1S/C11H14FN3OS/c12-8-3-5-9(6-4-8)15-11(16)14-7-1-2-10(13)17/h3-6H,1-2,7H2,(H2,13,17)(H2,14,15,16). The van der Waals surface area contributed by atoms with E-state index in [1.165, 1.54) is 24.3 Å². The molecule has 0 aliphatic carbocycles. The Morgan fingerprint density at radius 3 is 2.59 bits per heavy atom. The Morgan fingerprint density at radius 1 is 1.35 bits per heavy atom. The van der Waals surface area contributed by atoms with Crippen molar-refractivity contribution in [3.8, 4) is 0 Å². The van der Waals surface area contributed by atoms with Gasteiger partial charge in [0, 0.05) is 12.2 Å². The van der Waals surface area contributed by atoms with E-state index in [2.05, 4.69) is 10.6 Å². The molecule has 0 aliphatic heterocycles. The molecule has 1 aromatic carbocycles. The predicted molar refractivity (Wildman–Crippen MR) is 69.4 cm³/mol. The highest BCUT2D eigenvalue weighted by molar-refractivity contribution is 7.80. The summed E-state index contributed by atoms with van der Waals surface area (Å²) in [6, 6.07) is 5.21. The molecule has 17 heavy (non-hydrogen) atoms. The lowest BCUT2D eigenvalue weighted by Crippen LogP contribution is -2.30. The van der Waals surface area contributed by atoms with Crippen LogP contribution in [0, 0.1) is 5.82 Å². The van der Waals surface area contributed by atoms with Crippen LogP contribution in [0.25, 0.3) is 0 Å². The third-order valence-electron chi connectivity index (χ3n) is 1.99. The van der Waals surface area contributed by atoms with Gasteiger partial charge in [-0.1, -0.05) is 12.2 Å². The molecule has 0 radical (unpaired) electrons. The van der Waals surface area contributed by atoms with Crippen molar-refractivity contribution in [3.63, 3.8) is 0 Å². The first-order valence-corrected chi connectivity index (χ1v) is 5.57. The van der Waals surface area contributed by atoms with Crippen LogP contribution in [0.15, 0.2) is 24.3 Å². The second kappa shape index (κ2) is 6.80. The zero-order valence-corrected chi connectivity index (χ0v) is 10.0. The van der Waals surface area contributed by atoms with Gasteiger partial charge in [0.1, 0.15) is 5.82 Å². The van der Waals surface area contributed by atoms with Gasteiger partial charge in [-0.25, -0.2) is 9.18 Å². The van der Waals surface area contributed by atoms with Crippen molar-refractivity contribution in [2.45, 2.75) is 12.8 Å². The molecule has 4 nitrogen and oxygen atoms in total. The van der Waals surface area contributed by atoms with Gasteiger partial charge in [0.05, 0.1) is 4.99 Å². The Kier molecular flexibility index (Phi) is 5.35. The number of thiocarbonyl (C=S) groups is 1. The number of nitrogens with two attached hydrogens (primary N) is 1. The maximum absolute atomic E-state index is 12.6. The Labute approximate surface area is 104 Å². The first-order valence-electron chi connectivity index (χ1n) is 5.16. The molecule has 0 atom stereocenters. The lowest BCUT2D eigenvalue weighted by Gasteiger charge is -2.07. The maximum atomic E-state index is 12.6. The molecule has 2 amide bonds. The number of urea groups is 1. The molecule has 1 aromatic rings. The zero-order valence-electron chi connectivity index (χ0n) is 9.20. The molecule has 0 aliphatic rings. The number of hydrogen-bond donors (Lipinski definition) is 3. The van der Waals surface area contributed by atoms with Crippen molar-refractivity contribution in [1.82, 2.24) is 5.32 Å². The number of amides is 2. The molecule has 0 fully saturated rings. The van der Waals surface area contributed by atoms with Crippen LogP contribution in [0.4, 0.5) is 14.9 Å². The van der Waals surface area contributed by atoms with Gasteiger partial charge in [0.2, 0.25) is 0 Å². The lowest BCUT2D eigenvalue weighted by molar-refractivity contribution is 0.252. The fourth-order valence-corrected chi connectivity index (χ4v) is 1.32. The summed E-state index contributed by atoms with van der Waals surface area (Å²) in [5, 5.41) is 5.22. The van der Waals surface area contributed by atoms with Gasteiger partial charge in [-0.05, 0) is 37.1 Å². The van der Waals surface area contributed by atoms with E-state index < -0.39 is 0 Å². The zero-order chi connectivity index (χ0) is 12.7. The van der Waals surface area contributed by atoms with Gasteiger partial charge in [-0.15, -0.1) is 0 Å². The van der Waals surface area contributed by atoms with Crippen LogP contribution in [-0.4, -0.2) is 17.6 Å². The van der Waals surface area contributed by atoms with E-state index in [-0.39, 0.29) is 11.8 Å². The molecule has 0 saturated carbocycles. The van der Waals surface area contributed by atoms with Crippen molar-refractivity contribution < 1.29 is 9.18 Å². The third-order valence-corrected chi connectivity index (χ3v) is 2.19. The Morgan fingerprint density at radius 2 is 2.00 bits per heavy atom. The monoisotopic (exact) mass is 255 g/mol. The summed E-state index contributed by atoms with van der Waals surface area (Å²) in [6.45, 7) is 0.490. The molecule has 92 valence electrons. The number of hydrogen-bond acceptors (Lipinski definition) is 2. The lowest BCUT2D eigenvalue weighted by atomic mass is 10.3. The minimum atomic E-state index is -0.340. The third kappa shape index (κ3) is 5.82. The smallest absolute Gasteiger partial charge is 0.319 e. The largest absolute Gasteiger partial charge is 0.393 e. The second-order valence-corrected chi connectivity index (χ2v) is 3.98. The second-order valence-electron chi connectivity index (χ2n) is 3.46. The summed E-state index contributed by atoms with van der Waals surface area (Å²) < 4.78 is 12.6. The van der Waals surface area contributed by atoms with Gasteiger partial charge in [0.15, 0.2) is 0 Å². The minimum absolute atomic E-state index is 0.334. The number of rotatable bonds is 5. The fraction of sp³-hybridized carbons (Fsp3) is 0.273.